The maximum absolute atomic E-state index is 12.1. The van der Waals surface area contributed by atoms with Crippen LogP contribution in [0.5, 0.6) is 5.75 Å². The first-order valence-corrected chi connectivity index (χ1v) is 8.68. The van der Waals surface area contributed by atoms with Gasteiger partial charge >= 0.3 is 5.63 Å². The summed E-state index contributed by atoms with van der Waals surface area (Å²) in [7, 11) is 0. The summed E-state index contributed by atoms with van der Waals surface area (Å²) in [5.74, 6) is 2.14. The molecule has 0 spiro atoms. The Morgan fingerprint density at radius 1 is 1.00 bits per heavy atom. The summed E-state index contributed by atoms with van der Waals surface area (Å²) in [5, 5.41) is 10.4. The Labute approximate surface area is 148 Å². The molecule has 0 radical (unpaired) electrons. The van der Waals surface area contributed by atoms with E-state index in [9.17, 15) is 4.79 Å². The lowest BCUT2D eigenvalue weighted by Gasteiger charge is -2.20. The summed E-state index contributed by atoms with van der Waals surface area (Å²) in [6.07, 6.45) is 3.44. The van der Waals surface area contributed by atoms with Gasteiger partial charge in [0, 0.05) is 17.4 Å². The van der Waals surface area contributed by atoms with Crippen LogP contribution >= 0.6 is 0 Å². The first-order valence-electron chi connectivity index (χ1n) is 8.68. The molecule has 2 aromatic heterocycles. The van der Waals surface area contributed by atoms with Crippen molar-refractivity contribution in [2.45, 2.75) is 31.8 Å². The molecule has 1 aliphatic carbocycles. The molecule has 6 nitrogen and oxygen atoms in total. The number of aromatic nitrogens is 2. The van der Waals surface area contributed by atoms with E-state index in [1.807, 2.05) is 30.3 Å². The van der Waals surface area contributed by atoms with Crippen molar-refractivity contribution in [3.05, 3.63) is 64.7 Å². The molecule has 130 valence electrons. The van der Waals surface area contributed by atoms with E-state index in [4.69, 9.17) is 13.6 Å². The van der Waals surface area contributed by atoms with Crippen molar-refractivity contribution in [1.82, 2.24) is 10.2 Å². The highest BCUT2D eigenvalue weighted by molar-refractivity contribution is 6.04. The molecular formula is C20H16N2O4. The molecule has 1 aliphatic rings. The first kappa shape index (κ1) is 15.1. The topological polar surface area (TPSA) is 78.4 Å². The van der Waals surface area contributed by atoms with E-state index < -0.39 is 0 Å². The standard InChI is InChI=1S/C20H16N2O4/c23-20-16-7-2-1-6-14(16)15-9-8-13(10-17(15)25-20)24-11-18-21-22-19(26-18)12-4-3-5-12/h1-2,6-10,12H,3-5,11H2. The van der Waals surface area contributed by atoms with Gasteiger partial charge in [0.25, 0.3) is 5.89 Å². The zero-order chi connectivity index (χ0) is 17.5. The minimum Gasteiger partial charge on any atom is -0.484 e. The predicted octanol–water partition coefficient (Wildman–Crippen LogP) is 4.18. The van der Waals surface area contributed by atoms with Gasteiger partial charge in [0.1, 0.15) is 11.3 Å². The van der Waals surface area contributed by atoms with E-state index >= 15 is 0 Å². The van der Waals surface area contributed by atoms with Gasteiger partial charge in [-0.05, 0) is 36.4 Å². The van der Waals surface area contributed by atoms with Crippen LogP contribution in [0.25, 0.3) is 21.7 Å². The number of hydrogen-bond donors (Lipinski definition) is 0. The van der Waals surface area contributed by atoms with Crippen LogP contribution in [0.4, 0.5) is 0 Å². The van der Waals surface area contributed by atoms with Gasteiger partial charge in [-0.15, -0.1) is 10.2 Å². The normalized spacial score (nSPS) is 14.6. The Bertz CT molecular complexity index is 1160. The van der Waals surface area contributed by atoms with Gasteiger partial charge in [-0.1, -0.05) is 24.6 Å². The maximum Gasteiger partial charge on any atom is 0.344 e. The fraction of sp³-hybridized carbons (Fsp3) is 0.250. The Morgan fingerprint density at radius 3 is 2.65 bits per heavy atom. The number of rotatable bonds is 4. The average molecular weight is 348 g/mol. The molecule has 0 unspecified atom stereocenters. The molecule has 1 saturated carbocycles. The molecule has 0 N–H and O–H groups in total. The Balaban J connectivity index is 1.41. The van der Waals surface area contributed by atoms with Crippen LogP contribution in [0.3, 0.4) is 0 Å². The molecule has 0 bridgehead atoms. The van der Waals surface area contributed by atoms with E-state index in [2.05, 4.69) is 10.2 Å². The minimum absolute atomic E-state index is 0.184. The van der Waals surface area contributed by atoms with E-state index in [0.29, 0.717) is 34.4 Å². The van der Waals surface area contributed by atoms with Crippen molar-refractivity contribution in [2.75, 3.05) is 0 Å². The third-order valence-corrected chi connectivity index (χ3v) is 4.89. The molecule has 0 atom stereocenters. The lowest BCUT2D eigenvalue weighted by atomic mass is 9.85. The van der Waals surface area contributed by atoms with Crippen molar-refractivity contribution in [3.8, 4) is 5.75 Å². The minimum atomic E-state index is -0.354. The number of fused-ring (bicyclic) bond motifs is 3. The van der Waals surface area contributed by atoms with Gasteiger partial charge in [0.05, 0.1) is 5.39 Å². The van der Waals surface area contributed by atoms with Crippen LogP contribution in [0.15, 0.2) is 56.1 Å². The first-order chi connectivity index (χ1) is 12.8. The second-order valence-corrected chi connectivity index (χ2v) is 6.54. The summed E-state index contributed by atoms with van der Waals surface area (Å²) >= 11 is 0. The summed E-state index contributed by atoms with van der Waals surface area (Å²) in [6, 6.07) is 12.9. The molecule has 6 heteroatoms. The number of benzene rings is 2. The third-order valence-electron chi connectivity index (χ3n) is 4.89. The molecule has 0 saturated heterocycles. The molecule has 1 fully saturated rings. The highest BCUT2D eigenvalue weighted by Crippen LogP contribution is 2.35. The van der Waals surface area contributed by atoms with Gasteiger partial charge in [0.2, 0.25) is 5.89 Å². The van der Waals surface area contributed by atoms with E-state index in [1.54, 1.807) is 12.1 Å². The predicted molar refractivity (Wildman–Crippen MR) is 95.2 cm³/mol. The average Bonchev–Trinajstić information content (AvgIpc) is 3.07. The summed E-state index contributed by atoms with van der Waals surface area (Å²) in [6.45, 7) is 0.184. The van der Waals surface area contributed by atoms with Crippen LogP contribution in [0.1, 0.15) is 37.0 Å². The van der Waals surface area contributed by atoms with E-state index in [-0.39, 0.29) is 12.2 Å². The van der Waals surface area contributed by atoms with Crippen molar-refractivity contribution >= 4 is 21.7 Å². The zero-order valence-electron chi connectivity index (χ0n) is 14.0. The number of nitrogens with zero attached hydrogens (tertiary/aromatic N) is 2. The monoisotopic (exact) mass is 348 g/mol. The molecule has 26 heavy (non-hydrogen) atoms. The second kappa shape index (κ2) is 5.98. The van der Waals surface area contributed by atoms with E-state index in [1.165, 1.54) is 6.42 Å². The highest BCUT2D eigenvalue weighted by Gasteiger charge is 2.25. The molecule has 0 amide bonds. The fourth-order valence-electron chi connectivity index (χ4n) is 3.24. The fourth-order valence-corrected chi connectivity index (χ4v) is 3.24. The Hall–Kier alpha value is -3.15. The molecule has 0 aliphatic heterocycles. The van der Waals surface area contributed by atoms with Crippen molar-refractivity contribution in [2.24, 2.45) is 0 Å². The van der Waals surface area contributed by atoms with Crippen LogP contribution < -0.4 is 10.4 Å². The zero-order valence-corrected chi connectivity index (χ0v) is 14.0. The molecule has 4 aromatic rings. The van der Waals surface area contributed by atoms with Crippen LogP contribution in [-0.2, 0) is 6.61 Å². The van der Waals surface area contributed by atoms with Gasteiger partial charge in [-0.3, -0.25) is 0 Å². The van der Waals surface area contributed by atoms with Crippen molar-refractivity contribution in [3.63, 3.8) is 0 Å². The van der Waals surface area contributed by atoms with Crippen LogP contribution in [0, 0.1) is 0 Å². The lowest BCUT2D eigenvalue weighted by molar-refractivity contribution is 0.247. The van der Waals surface area contributed by atoms with Gasteiger partial charge in [-0.25, -0.2) is 4.79 Å². The van der Waals surface area contributed by atoms with E-state index in [0.717, 1.165) is 23.6 Å². The molecule has 2 heterocycles. The molecule has 5 rings (SSSR count). The lowest BCUT2D eigenvalue weighted by Crippen LogP contribution is -2.08. The van der Waals surface area contributed by atoms with Gasteiger partial charge < -0.3 is 13.6 Å². The van der Waals surface area contributed by atoms with Gasteiger partial charge in [-0.2, -0.15) is 0 Å². The second-order valence-electron chi connectivity index (χ2n) is 6.54. The van der Waals surface area contributed by atoms with Crippen LogP contribution in [-0.4, -0.2) is 10.2 Å². The summed E-state index contributed by atoms with van der Waals surface area (Å²) in [4.78, 5) is 12.1. The molecular weight excluding hydrogens is 332 g/mol. The van der Waals surface area contributed by atoms with Gasteiger partial charge in [0.15, 0.2) is 6.61 Å². The smallest absolute Gasteiger partial charge is 0.344 e. The molecule has 2 aromatic carbocycles. The Kier molecular flexibility index (Phi) is 3.48. The van der Waals surface area contributed by atoms with Crippen LogP contribution in [0.2, 0.25) is 0 Å². The van der Waals surface area contributed by atoms with Crippen molar-refractivity contribution in [1.29, 1.82) is 0 Å². The maximum atomic E-state index is 12.1. The Morgan fingerprint density at radius 2 is 1.85 bits per heavy atom. The number of hydrogen-bond acceptors (Lipinski definition) is 6. The van der Waals surface area contributed by atoms with Crippen molar-refractivity contribution < 1.29 is 13.6 Å². The number of ether oxygens (including phenoxy) is 1. The third kappa shape index (κ3) is 2.54. The quantitative estimate of drug-likeness (QED) is 0.407. The largest absolute Gasteiger partial charge is 0.484 e. The summed E-state index contributed by atoms with van der Waals surface area (Å²) < 4.78 is 16.8. The highest BCUT2D eigenvalue weighted by atomic mass is 16.5. The SMILES string of the molecule is O=c1oc2cc(OCc3nnc(C4CCC4)o3)ccc2c2ccccc12. The summed E-state index contributed by atoms with van der Waals surface area (Å²) in [5.41, 5.74) is 0.138.